The van der Waals surface area contributed by atoms with Crippen molar-refractivity contribution in [2.45, 2.75) is 31.8 Å². The van der Waals surface area contributed by atoms with Crippen LogP contribution in [0.5, 0.6) is 11.5 Å². The summed E-state index contributed by atoms with van der Waals surface area (Å²) in [7, 11) is 1.58. The van der Waals surface area contributed by atoms with Gasteiger partial charge in [0.2, 0.25) is 0 Å². The number of carboxylic acid groups (broad SMARTS) is 1. The molecule has 0 saturated carbocycles. The van der Waals surface area contributed by atoms with Crippen molar-refractivity contribution in [1.29, 1.82) is 0 Å². The molecule has 1 aromatic rings. The van der Waals surface area contributed by atoms with Gasteiger partial charge in [-0.15, -0.1) is 0 Å². The van der Waals surface area contributed by atoms with E-state index in [-0.39, 0.29) is 6.10 Å². The average Bonchev–Trinajstić information content (AvgIpc) is 2.47. The summed E-state index contributed by atoms with van der Waals surface area (Å²) in [6.07, 6.45) is 1.76. The monoisotopic (exact) mass is 280 g/mol. The first-order chi connectivity index (χ1) is 9.61. The number of hydrogen-bond donors (Lipinski definition) is 1. The Balaban J connectivity index is 2.19. The topological polar surface area (TPSA) is 65.0 Å². The largest absolute Gasteiger partial charge is 0.493 e. The highest BCUT2D eigenvalue weighted by atomic mass is 16.5. The molecule has 0 aromatic heterocycles. The van der Waals surface area contributed by atoms with Gasteiger partial charge in [0.25, 0.3) is 0 Å². The van der Waals surface area contributed by atoms with E-state index in [1.165, 1.54) is 0 Å². The van der Waals surface area contributed by atoms with Crippen LogP contribution in [0, 0.1) is 0 Å². The smallest absolute Gasteiger partial charge is 0.310 e. The predicted octanol–water partition coefficient (Wildman–Crippen LogP) is 2.44. The minimum Gasteiger partial charge on any atom is -0.493 e. The summed E-state index contributed by atoms with van der Waals surface area (Å²) in [5.74, 6) is -0.201. The number of benzene rings is 1. The minimum absolute atomic E-state index is 0.0908. The molecule has 1 aliphatic heterocycles. The lowest BCUT2D eigenvalue weighted by Gasteiger charge is -2.24. The fraction of sp³-hybridized carbons (Fsp3) is 0.533. The van der Waals surface area contributed by atoms with Crippen molar-refractivity contribution in [3.8, 4) is 11.5 Å². The molecule has 5 heteroatoms. The second kappa shape index (κ2) is 6.61. The molecule has 1 unspecified atom stereocenters. The van der Waals surface area contributed by atoms with Gasteiger partial charge in [0.05, 0.1) is 26.2 Å². The Hall–Kier alpha value is -1.75. The van der Waals surface area contributed by atoms with E-state index in [4.69, 9.17) is 19.3 Å². The number of aliphatic carboxylic acids is 1. The first-order valence-corrected chi connectivity index (χ1v) is 6.77. The number of rotatable bonds is 5. The number of methoxy groups -OCH3 is 1. The predicted molar refractivity (Wildman–Crippen MR) is 73.5 cm³/mol. The molecule has 110 valence electrons. The van der Waals surface area contributed by atoms with Gasteiger partial charge in [-0.05, 0) is 24.6 Å². The van der Waals surface area contributed by atoms with Crippen LogP contribution in [0.3, 0.4) is 0 Å². The molecular weight excluding hydrogens is 260 g/mol. The van der Waals surface area contributed by atoms with Crippen LogP contribution in [0.15, 0.2) is 18.2 Å². The Labute approximate surface area is 118 Å². The summed E-state index contributed by atoms with van der Waals surface area (Å²) in [6.45, 7) is 3.04. The summed E-state index contributed by atoms with van der Waals surface area (Å²) >= 11 is 0. The molecular formula is C15H20O5. The molecule has 1 aliphatic rings. The third-order valence-corrected chi connectivity index (χ3v) is 3.52. The number of hydrogen-bond acceptors (Lipinski definition) is 4. The lowest BCUT2D eigenvalue weighted by atomic mass is 10.0. The van der Waals surface area contributed by atoms with Crippen molar-refractivity contribution < 1.29 is 24.1 Å². The minimum atomic E-state index is -0.854. The quantitative estimate of drug-likeness (QED) is 0.897. The summed E-state index contributed by atoms with van der Waals surface area (Å²) in [5, 5.41) is 9.09. The Morgan fingerprint density at radius 3 is 2.65 bits per heavy atom. The molecule has 5 nitrogen and oxygen atoms in total. The second-order valence-corrected chi connectivity index (χ2v) is 4.90. The van der Waals surface area contributed by atoms with Gasteiger partial charge >= 0.3 is 5.97 Å². The van der Waals surface area contributed by atoms with Crippen LogP contribution in [-0.4, -0.2) is 37.5 Å². The van der Waals surface area contributed by atoms with E-state index < -0.39 is 11.9 Å². The van der Waals surface area contributed by atoms with Gasteiger partial charge in [-0.3, -0.25) is 4.79 Å². The molecule has 1 saturated heterocycles. The van der Waals surface area contributed by atoms with Crippen molar-refractivity contribution in [3.63, 3.8) is 0 Å². The molecule has 1 N–H and O–H groups in total. The van der Waals surface area contributed by atoms with Gasteiger partial charge in [-0.1, -0.05) is 6.07 Å². The molecule has 0 amide bonds. The Bertz CT molecular complexity index is 465. The zero-order chi connectivity index (χ0) is 14.5. The van der Waals surface area contributed by atoms with E-state index in [0.717, 1.165) is 12.8 Å². The van der Waals surface area contributed by atoms with Crippen molar-refractivity contribution >= 4 is 5.97 Å². The second-order valence-electron chi connectivity index (χ2n) is 4.90. The zero-order valence-electron chi connectivity index (χ0n) is 11.8. The first kappa shape index (κ1) is 14.7. The normalized spacial score (nSPS) is 17.5. The van der Waals surface area contributed by atoms with Crippen LogP contribution in [0.4, 0.5) is 0 Å². The maximum absolute atomic E-state index is 11.1. The molecule has 1 heterocycles. The number of carbonyl (C=O) groups is 1. The van der Waals surface area contributed by atoms with Gasteiger partial charge < -0.3 is 19.3 Å². The van der Waals surface area contributed by atoms with Crippen molar-refractivity contribution in [3.05, 3.63) is 23.8 Å². The molecule has 0 bridgehead atoms. The highest BCUT2D eigenvalue weighted by Crippen LogP contribution is 2.32. The van der Waals surface area contributed by atoms with Gasteiger partial charge in [-0.2, -0.15) is 0 Å². The molecule has 1 aromatic carbocycles. The van der Waals surface area contributed by atoms with Gasteiger partial charge in [0.1, 0.15) is 6.10 Å². The van der Waals surface area contributed by atoms with E-state index in [9.17, 15) is 4.79 Å². The van der Waals surface area contributed by atoms with Crippen LogP contribution >= 0.6 is 0 Å². The van der Waals surface area contributed by atoms with Crippen LogP contribution in [0.25, 0.3) is 0 Å². The fourth-order valence-electron chi connectivity index (χ4n) is 2.17. The molecule has 0 radical (unpaired) electrons. The standard InChI is InChI=1S/C15H20O5/c1-10(15(16)17)11-3-4-13(18-2)14(9-11)20-12-5-7-19-8-6-12/h3-4,9-10,12H,5-8H2,1-2H3,(H,16,17). The maximum atomic E-state index is 11.1. The van der Waals surface area contributed by atoms with Gasteiger partial charge in [0, 0.05) is 12.8 Å². The van der Waals surface area contributed by atoms with Crippen molar-refractivity contribution in [1.82, 2.24) is 0 Å². The Morgan fingerprint density at radius 1 is 1.35 bits per heavy atom. The molecule has 2 rings (SSSR count). The van der Waals surface area contributed by atoms with Crippen LogP contribution in [0.1, 0.15) is 31.2 Å². The molecule has 1 fully saturated rings. The van der Waals surface area contributed by atoms with E-state index >= 15 is 0 Å². The Morgan fingerprint density at radius 2 is 2.05 bits per heavy atom. The fourth-order valence-corrected chi connectivity index (χ4v) is 2.17. The summed E-state index contributed by atoms with van der Waals surface area (Å²) < 4.78 is 16.5. The lowest BCUT2D eigenvalue weighted by molar-refractivity contribution is -0.138. The summed E-state index contributed by atoms with van der Waals surface area (Å²) in [4.78, 5) is 11.1. The molecule has 1 atom stereocenters. The number of carboxylic acids is 1. The highest BCUT2D eigenvalue weighted by molar-refractivity contribution is 5.75. The maximum Gasteiger partial charge on any atom is 0.310 e. The van der Waals surface area contributed by atoms with E-state index in [0.29, 0.717) is 30.3 Å². The van der Waals surface area contributed by atoms with E-state index in [1.807, 2.05) is 0 Å². The van der Waals surface area contributed by atoms with E-state index in [1.54, 1.807) is 32.2 Å². The average molecular weight is 280 g/mol. The van der Waals surface area contributed by atoms with Gasteiger partial charge in [0.15, 0.2) is 11.5 Å². The Kier molecular flexibility index (Phi) is 4.84. The third kappa shape index (κ3) is 3.42. The lowest BCUT2D eigenvalue weighted by Crippen LogP contribution is -2.26. The SMILES string of the molecule is COc1ccc(C(C)C(=O)O)cc1OC1CCOCC1. The summed E-state index contributed by atoms with van der Waals surface area (Å²) in [5.41, 5.74) is 0.709. The molecule has 0 spiro atoms. The van der Waals surface area contributed by atoms with Crippen LogP contribution in [-0.2, 0) is 9.53 Å². The third-order valence-electron chi connectivity index (χ3n) is 3.52. The first-order valence-electron chi connectivity index (χ1n) is 6.77. The molecule has 20 heavy (non-hydrogen) atoms. The van der Waals surface area contributed by atoms with Crippen LogP contribution < -0.4 is 9.47 Å². The zero-order valence-corrected chi connectivity index (χ0v) is 11.8. The van der Waals surface area contributed by atoms with E-state index in [2.05, 4.69) is 0 Å². The highest BCUT2D eigenvalue weighted by Gasteiger charge is 2.20. The van der Waals surface area contributed by atoms with Gasteiger partial charge in [-0.25, -0.2) is 0 Å². The summed E-state index contributed by atoms with van der Waals surface area (Å²) in [6, 6.07) is 5.27. The van der Waals surface area contributed by atoms with Crippen molar-refractivity contribution in [2.24, 2.45) is 0 Å². The number of ether oxygens (including phenoxy) is 3. The molecule has 0 aliphatic carbocycles. The van der Waals surface area contributed by atoms with Crippen molar-refractivity contribution in [2.75, 3.05) is 20.3 Å². The van der Waals surface area contributed by atoms with Crippen LogP contribution in [0.2, 0.25) is 0 Å².